The van der Waals surface area contributed by atoms with Gasteiger partial charge < -0.3 is 26.0 Å². The SMILES string of the molecule is CCC1C[C@](O)(C(F)(F)F)C(Nc2ccc(F)c3c2C=CC(O)N3)c2cc(F)c(C)c(O)c21. The zero-order valence-electron chi connectivity index (χ0n) is 17.8. The second kappa shape index (κ2) is 7.88. The average Bonchev–Trinajstić information content (AvgIpc) is 2.74. The van der Waals surface area contributed by atoms with Crippen molar-refractivity contribution < 1.29 is 37.3 Å². The molecule has 10 heteroatoms. The van der Waals surface area contributed by atoms with E-state index in [9.17, 15) is 37.3 Å². The Hall–Kier alpha value is -2.85. The van der Waals surface area contributed by atoms with Crippen molar-refractivity contribution in [1.82, 2.24) is 0 Å². The summed E-state index contributed by atoms with van der Waals surface area (Å²) in [5.41, 5.74) is -3.46. The van der Waals surface area contributed by atoms with Crippen LogP contribution in [-0.2, 0) is 0 Å². The van der Waals surface area contributed by atoms with Crippen LogP contribution in [-0.4, -0.2) is 33.3 Å². The van der Waals surface area contributed by atoms with Crippen LogP contribution in [0.1, 0.15) is 54.0 Å². The van der Waals surface area contributed by atoms with Gasteiger partial charge >= 0.3 is 6.18 Å². The van der Waals surface area contributed by atoms with Gasteiger partial charge in [-0.3, -0.25) is 0 Å². The number of benzene rings is 2. The Balaban J connectivity index is 1.93. The minimum absolute atomic E-state index is 0.0242. The van der Waals surface area contributed by atoms with E-state index in [2.05, 4.69) is 10.6 Å². The summed E-state index contributed by atoms with van der Waals surface area (Å²) in [6, 6.07) is 1.20. The van der Waals surface area contributed by atoms with Gasteiger partial charge in [-0.15, -0.1) is 0 Å². The number of halogens is 5. The fourth-order valence-electron chi connectivity index (χ4n) is 4.70. The molecule has 178 valence electrons. The van der Waals surface area contributed by atoms with Gasteiger partial charge in [-0.1, -0.05) is 13.0 Å². The summed E-state index contributed by atoms with van der Waals surface area (Å²) in [5, 5.41) is 36.4. The van der Waals surface area contributed by atoms with E-state index in [1.165, 1.54) is 25.1 Å². The van der Waals surface area contributed by atoms with E-state index in [-0.39, 0.29) is 40.0 Å². The number of fused-ring (bicyclic) bond motifs is 2. The minimum Gasteiger partial charge on any atom is -0.507 e. The van der Waals surface area contributed by atoms with Gasteiger partial charge in [0.1, 0.15) is 23.6 Å². The van der Waals surface area contributed by atoms with E-state index < -0.39 is 53.8 Å². The molecule has 0 radical (unpaired) electrons. The standard InChI is InChI=1S/C23H23F5N2O3/c1-3-11-9-22(33,23(26,27)28)21(13-8-15(25)10(2)20(32)18(11)13)29-16-6-5-14(24)19-12(16)4-7-17(31)30-19/h4-8,11,17,21,29-33H,3,9H2,1-2H3/t11?,17?,21?,22-/m1/s1. The van der Waals surface area contributed by atoms with Crippen LogP contribution < -0.4 is 10.6 Å². The molecule has 0 amide bonds. The fourth-order valence-corrected chi connectivity index (χ4v) is 4.70. The Morgan fingerprint density at radius 2 is 1.91 bits per heavy atom. The lowest BCUT2D eigenvalue weighted by atomic mass is 9.68. The lowest BCUT2D eigenvalue weighted by molar-refractivity contribution is -0.272. The van der Waals surface area contributed by atoms with Crippen molar-refractivity contribution >= 4 is 17.5 Å². The number of aliphatic hydroxyl groups excluding tert-OH is 1. The molecule has 4 atom stereocenters. The Kier molecular flexibility index (Phi) is 5.57. The van der Waals surface area contributed by atoms with Crippen LogP contribution in [0.2, 0.25) is 0 Å². The van der Waals surface area contributed by atoms with Crippen molar-refractivity contribution in [3.8, 4) is 5.75 Å². The number of aliphatic hydroxyl groups is 2. The van der Waals surface area contributed by atoms with Crippen LogP contribution in [0.4, 0.5) is 33.3 Å². The van der Waals surface area contributed by atoms with Crippen LogP contribution in [0.5, 0.6) is 5.75 Å². The maximum atomic E-state index is 14.6. The zero-order valence-corrected chi connectivity index (χ0v) is 17.8. The van der Waals surface area contributed by atoms with Gasteiger partial charge in [0.05, 0.1) is 11.7 Å². The lowest BCUT2D eigenvalue weighted by Crippen LogP contribution is -2.55. The van der Waals surface area contributed by atoms with Gasteiger partial charge in [0, 0.05) is 22.4 Å². The van der Waals surface area contributed by atoms with E-state index in [0.29, 0.717) is 0 Å². The van der Waals surface area contributed by atoms with E-state index in [1.54, 1.807) is 6.92 Å². The molecular weight excluding hydrogens is 447 g/mol. The summed E-state index contributed by atoms with van der Waals surface area (Å²) >= 11 is 0. The molecule has 3 unspecified atom stereocenters. The molecule has 0 spiro atoms. The van der Waals surface area contributed by atoms with E-state index >= 15 is 0 Å². The highest BCUT2D eigenvalue weighted by atomic mass is 19.4. The summed E-state index contributed by atoms with van der Waals surface area (Å²) in [5.74, 6) is -2.97. The molecule has 2 aromatic carbocycles. The van der Waals surface area contributed by atoms with Gasteiger partial charge in [-0.05, 0) is 55.5 Å². The van der Waals surface area contributed by atoms with Crippen LogP contribution >= 0.6 is 0 Å². The Bertz CT molecular complexity index is 1130. The quantitative estimate of drug-likeness (QED) is 0.404. The number of hydrogen-bond donors (Lipinski definition) is 5. The third-order valence-electron chi connectivity index (χ3n) is 6.53. The van der Waals surface area contributed by atoms with Crippen molar-refractivity contribution in [3.63, 3.8) is 0 Å². The molecule has 2 aromatic rings. The fraction of sp³-hybridized carbons (Fsp3) is 0.391. The molecule has 2 aliphatic rings. The van der Waals surface area contributed by atoms with E-state index in [1.807, 2.05) is 0 Å². The van der Waals surface area contributed by atoms with Crippen molar-refractivity contribution in [2.24, 2.45) is 0 Å². The number of alkyl halides is 3. The molecule has 0 aromatic heterocycles. The normalized spacial score (nSPS) is 26.4. The third-order valence-corrected chi connectivity index (χ3v) is 6.53. The average molecular weight is 470 g/mol. The number of nitrogens with one attached hydrogen (secondary N) is 2. The lowest BCUT2D eigenvalue weighted by Gasteiger charge is -2.46. The number of rotatable bonds is 3. The first kappa shape index (κ1) is 23.3. The number of hydrogen-bond acceptors (Lipinski definition) is 5. The molecule has 0 saturated carbocycles. The summed E-state index contributed by atoms with van der Waals surface area (Å²) in [6.07, 6.45) is -4.26. The summed E-state index contributed by atoms with van der Waals surface area (Å²) in [4.78, 5) is 0. The van der Waals surface area contributed by atoms with Gasteiger partial charge in [-0.25, -0.2) is 8.78 Å². The van der Waals surface area contributed by atoms with Crippen molar-refractivity contribution in [2.45, 2.75) is 56.7 Å². The molecule has 0 fully saturated rings. The molecule has 0 bridgehead atoms. The van der Waals surface area contributed by atoms with Crippen LogP contribution in [0.25, 0.3) is 6.08 Å². The molecule has 5 N–H and O–H groups in total. The molecule has 0 saturated heterocycles. The Morgan fingerprint density at radius 3 is 2.55 bits per heavy atom. The number of phenolic OH excluding ortho intramolecular Hbond substituents is 1. The third kappa shape index (κ3) is 3.61. The van der Waals surface area contributed by atoms with Crippen LogP contribution in [0.15, 0.2) is 24.3 Å². The van der Waals surface area contributed by atoms with E-state index in [4.69, 9.17) is 0 Å². The predicted octanol–water partition coefficient (Wildman–Crippen LogP) is 5.08. The summed E-state index contributed by atoms with van der Waals surface area (Å²) in [7, 11) is 0. The first-order valence-electron chi connectivity index (χ1n) is 10.4. The monoisotopic (exact) mass is 470 g/mol. The van der Waals surface area contributed by atoms with Crippen LogP contribution in [0, 0.1) is 18.6 Å². The molecule has 1 heterocycles. The predicted molar refractivity (Wildman–Crippen MR) is 113 cm³/mol. The molecule has 5 nitrogen and oxygen atoms in total. The second-order valence-electron chi connectivity index (χ2n) is 8.48. The molecule has 1 aliphatic carbocycles. The number of anilines is 2. The van der Waals surface area contributed by atoms with Crippen molar-refractivity contribution in [3.05, 3.63) is 58.2 Å². The topological polar surface area (TPSA) is 84.8 Å². The van der Waals surface area contributed by atoms with Gasteiger partial charge in [0.25, 0.3) is 0 Å². The molecule has 33 heavy (non-hydrogen) atoms. The number of aromatic hydroxyl groups is 1. The number of phenols is 1. The first-order chi connectivity index (χ1) is 15.4. The molecule has 1 aliphatic heterocycles. The summed E-state index contributed by atoms with van der Waals surface area (Å²) < 4.78 is 71.6. The molecular formula is C23H23F5N2O3. The van der Waals surface area contributed by atoms with Crippen molar-refractivity contribution in [1.29, 1.82) is 0 Å². The van der Waals surface area contributed by atoms with Gasteiger partial charge in [0.15, 0.2) is 5.60 Å². The highest BCUT2D eigenvalue weighted by molar-refractivity contribution is 5.81. The molecule has 4 rings (SSSR count). The van der Waals surface area contributed by atoms with E-state index in [0.717, 1.165) is 12.1 Å². The maximum Gasteiger partial charge on any atom is 0.419 e. The Labute approximate surface area is 186 Å². The summed E-state index contributed by atoms with van der Waals surface area (Å²) in [6.45, 7) is 2.94. The van der Waals surface area contributed by atoms with Crippen LogP contribution in [0.3, 0.4) is 0 Å². The van der Waals surface area contributed by atoms with Gasteiger partial charge in [0.2, 0.25) is 0 Å². The first-order valence-corrected chi connectivity index (χ1v) is 10.4. The van der Waals surface area contributed by atoms with Crippen molar-refractivity contribution in [2.75, 3.05) is 10.6 Å². The zero-order chi connectivity index (χ0) is 24.3. The highest BCUT2D eigenvalue weighted by Crippen LogP contribution is 2.56. The largest absolute Gasteiger partial charge is 0.507 e. The highest BCUT2D eigenvalue weighted by Gasteiger charge is 2.62. The second-order valence-corrected chi connectivity index (χ2v) is 8.48. The minimum atomic E-state index is -5.10. The Morgan fingerprint density at radius 1 is 1.21 bits per heavy atom. The maximum absolute atomic E-state index is 14.6. The smallest absolute Gasteiger partial charge is 0.419 e. The van der Waals surface area contributed by atoms with Gasteiger partial charge in [-0.2, -0.15) is 13.2 Å².